The van der Waals surface area contributed by atoms with Crippen LogP contribution < -0.4 is 4.74 Å². The first-order valence-corrected chi connectivity index (χ1v) is 6.20. The van der Waals surface area contributed by atoms with Crippen molar-refractivity contribution in [3.63, 3.8) is 0 Å². The van der Waals surface area contributed by atoms with Gasteiger partial charge in [0.15, 0.2) is 0 Å². The molecule has 0 heterocycles. The largest absolute Gasteiger partial charge is 0.493 e. The monoisotopic (exact) mass is 250 g/mol. The Bertz CT molecular complexity index is 404. The number of aliphatic carboxylic acids is 1. The molecule has 0 spiro atoms. The summed E-state index contributed by atoms with van der Waals surface area (Å²) in [6.45, 7) is 8.31. The van der Waals surface area contributed by atoms with E-state index in [-0.39, 0.29) is 12.0 Å². The van der Waals surface area contributed by atoms with E-state index in [1.165, 1.54) is 0 Å². The number of rotatable bonds is 5. The first-order valence-electron chi connectivity index (χ1n) is 6.20. The predicted molar refractivity (Wildman–Crippen MR) is 71.9 cm³/mol. The van der Waals surface area contributed by atoms with Gasteiger partial charge in [-0.05, 0) is 36.5 Å². The van der Waals surface area contributed by atoms with Crippen LogP contribution in [0.3, 0.4) is 0 Å². The molecule has 0 amide bonds. The minimum Gasteiger partial charge on any atom is -0.493 e. The van der Waals surface area contributed by atoms with Crippen LogP contribution in [0.1, 0.15) is 32.8 Å². The van der Waals surface area contributed by atoms with E-state index >= 15 is 0 Å². The van der Waals surface area contributed by atoms with E-state index in [4.69, 9.17) is 4.74 Å². The maximum Gasteiger partial charge on any atom is 0.309 e. The van der Waals surface area contributed by atoms with Gasteiger partial charge in [0.05, 0.1) is 5.92 Å². The summed E-state index contributed by atoms with van der Waals surface area (Å²) >= 11 is 0. The molecule has 1 aromatic carbocycles. The Morgan fingerprint density at radius 1 is 1.39 bits per heavy atom. The zero-order valence-electron chi connectivity index (χ0n) is 11.6. The summed E-state index contributed by atoms with van der Waals surface area (Å²) in [4.78, 5) is 11.2. The standard InChI is InChI=1S/C15H22O3/c1-11-6-5-7-13(8-11)18-10-12(14(16)17)9-15(2,3)4/h5-8,12H,9-10H2,1-4H3,(H,16,17). The molecule has 1 unspecified atom stereocenters. The average molecular weight is 250 g/mol. The van der Waals surface area contributed by atoms with Crippen molar-refractivity contribution >= 4 is 5.97 Å². The van der Waals surface area contributed by atoms with Crippen LogP contribution in [0, 0.1) is 18.3 Å². The lowest BCUT2D eigenvalue weighted by Gasteiger charge is -2.23. The van der Waals surface area contributed by atoms with Crippen LogP contribution in [0.25, 0.3) is 0 Å². The van der Waals surface area contributed by atoms with E-state index in [0.717, 1.165) is 11.3 Å². The van der Waals surface area contributed by atoms with Crippen molar-refractivity contribution in [2.45, 2.75) is 34.1 Å². The molecule has 0 saturated heterocycles. The molecule has 100 valence electrons. The normalized spacial score (nSPS) is 13.1. The first-order chi connectivity index (χ1) is 8.28. The summed E-state index contributed by atoms with van der Waals surface area (Å²) in [5, 5.41) is 9.19. The van der Waals surface area contributed by atoms with Crippen LogP contribution in [0.4, 0.5) is 0 Å². The van der Waals surface area contributed by atoms with Gasteiger partial charge in [0.1, 0.15) is 12.4 Å². The van der Waals surface area contributed by atoms with Gasteiger partial charge in [0, 0.05) is 0 Å². The van der Waals surface area contributed by atoms with E-state index in [1.54, 1.807) is 0 Å². The Hall–Kier alpha value is -1.51. The quantitative estimate of drug-likeness (QED) is 0.869. The molecule has 3 heteroatoms. The van der Waals surface area contributed by atoms with E-state index in [1.807, 2.05) is 52.0 Å². The molecule has 18 heavy (non-hydrogen) atoms. The molecule has 1 aromatic rings. The van der Waals surface area contributed by atoms with Gasteiger partial charge in [-0.15, -0.1) is 0 Å². The molecular formula is C15H22O3. The van der Waals surface area contributed by atoms with Crippen molar-refractivity contribution in [1.82, 2.24) is 0 Å². The van der Waals surface area contributed by atoms with Crippen molar-refractivity contribution < 1.29 is 14.6 Å². The summed E-state index contributed by atoms with van der Waals surface area (Å²) in [5.41, 5.74) is 1.09. The molecular weight excluding hydrogens is 228 g/mol. The van der Waals surface area contributed by atoms with Crippen molar-refractivity contribution in [1.29, 1.82) is 0 Å². The molecule has 1 N–H and O–H groups in total. The highest BCUT2D eigenvalue weighted by molar-refractivity contribution is 5.70. The van der Waals surface area contributed by atoms with Gasteiger partial charge in [-0.3, -0.25) is 4.79 Å². The van der Waals surface area contributed by atoms with Crippen LogP contribution >= 0.6 is 0 Å². The highest BCUT2D eigenvalue weighted by Crippen LogP contribution is 2.25. The lowest BCUT2D eigenvalue weighted by molar-refractivity contribution is -0.143. The van der Waals surface area contributed by atoms with Gasteiger partial charge in [-0.25, -0.2) is 0 Å². The molecule has 1 atom stereocenters. The smallest absolute Gasteiger partial charge is 0.309 e. The van der Waals surface area contributed by atoms with Gasteiger partial charge in [-0.1, -0.05) is 32.9 Å². The second kappa shape index (κ2) is 5.89. The predicted octanol–water partition coefficient (Wildman–Crippen LogP) is 3.51. The van der Waals surface area contributed by atoms with E-state index in [2.05, 4.69) is 0 Å². The van der Waals surface area contributed by atoms with Crippen molar-refractivity contribution in [2.75, 3.05) is 6.61 Å². The molecule has 0 aliphatic carbocycles. The van der Waals surface area contributed by atoms with Gasteiger partial charge < -0.3 is 9.84 Å². The second-order valence-electron chi connectivity index (χ2n) is 5.93. The number of benzene rings is 1. The molecule has 0 bridgehead atoms. The Morgan fingerprint density at radius 3 is 2.56 bits per heavy atom. The van der Waals surface area contributed by atoms with Crippen LogP contribution in [0.2, 0.25) is 0 Å². The van der Waals surface area contributed by atoms with E-state index < -0.39 is 11.9 Å². The van der Waals surface area contributed by atoms with Crippen molar-refractivity contribution in [2.24, 2.45) is 11.3 Å². The SMILES string of the molecule is Cc1cccc(OCC(CC(C)(C)C)C(=O)O)c1. The Labute approximate surface area is 109 Å². The lowest BCUT2D eigenvalue weighted by atomic mass is 9.85. The fourth-order valence-electron chi connectivity index (χ4n) is 1.86. The van der Waals surface area contributed by atoms with Gasteiger partial charge in [0.25, 0.3) is 0 Å². The second-order valence-corrected chi connectivity index (χ2v) is 5.93. The fourth-order valence-corrected chi connectivity index (χ4v) is 1.86. The minimum atomic E-state index is -0.794. The van der Waals surface area contributed by atoms with Crippen molar-refractivity contribution in [3.8, 4) is 5.75 Å². The number of carboxylic acids is 1. The summed E-state index contributed by atoms with van der Waals surface area (Å²) in [6, 6.07) is 7.65. The van der Waals surface area contributed by atoms with Gasteiger partial charge >= 0.3 is 5.97 Å². The maximum atomic E-state index is 11.2. The zero-order valence-corrected chi connectivity index (χ0v) is 11.6. The van der Waals surface area contributed by atoms with Crippen LogP contribution in [0.5, 0.6) is 5.75 Å². The van der Waals surface area contributed by atoms with Crippen LogP contribution in [-0.2, 0) is 4.79 Å². The topological polar surface area (TPSA) is 46.5 Å². The molecule has 0 aliphatic rings. The number of hydrogen-bond donors (Lipinski definition) is 1. The van der Waals surface area contributed by atoms with Gasteiger partial charge in [-0.2, -0.15) is 0 Å². The van der Waals surface area contributed by atoms with Crippen molar-refractivity contribution in [3.05, 3.63) is 29.8 Å². The number of aryl methyl sites for hydroxylation is 1. The van der Waals surface area contributed by atoms with Crippen LogP contribution in [-0.4, -0.2) is 17.7 Å². The number of carboxylic acid groups (broad SMARTS) is 1. The summed E-state index contributed by atoms with van der Waals surface area (Å²) in [5.74, 6) is -0.529. The molecule has 0 aromatic heterocycles. The summed E-state index contributed by atoms with van der Waals surface area (Å²) < 4.78 is 5.58. The first kappa shape index (κ1) is 14.6. The minimum absolute atomic E-state index is 0.0149. The molecule has 0 aliphatic heterocycles. The highest BCUT2D eigenvalue weighted by Gasteiger charge is 2.25. The Kier molecular flexibility index (Phi) is 4.76. The maximum absolute atomic E-state index is 11.2. The molecule has 3 nitrogen and oxygen atoms in total. The third kappa shape index (κ3) is 5.21. The Balaban J connectivity index is 2.60. The van der Waals surface area contributed by atoms with E-state index in [0.29, 0.717) is 6.42 Å². The summed E-state index contributed by atoms with van der Waals surface area (Å²) in [7, 11) is 0. The van der Waals surface area contributed by atoms with Crippen LogP contribution in [0.15, 0.2) is 24.3 Å². The Morgan fingerprint density at radius 2 is 2.06 bits per heavy atom. The third-order valence-electron chi connectivity index (χ3n) is 2.65. The average Bonchev–Trinajstić information content (AvgIpc) is 2.22. The number of ether oxygens (including phenoxy) is 1. The number of hydrogen-bond acceptors (Lipinski definition) is 2. The number of carbonyl (C=O) groups is 1. The van der Waals surface area contributed by atoms with Gasteiger partial charge in [0.2, 0.25) is 0 Å². The third-order valence-corrected chi connectivity index (χ3v) is 2.65. The zero-order chi connectivity index (χ0) is 13.8. The molecule has 0 radical (unpaired) electrons. The fraction of sp³-hybridized carbons (Fsp3) is 0.533. The molecule has 0 fully saturated rings. The highest BCUT2D eigenvalue weighted by atomic mass is 16.5. The summed E-state index contributed by atoms with van der Waals surface area (Å²) in [6.07, 6.45) is 0.605. The molecule has 0 saturated carbocycles. The molecule has 1 rings (SSSR count). The lowest BCUT2D eigenvalue weighted by Crippen LogP contribution is -2.26. The van der Waals surface area contributed by atoms with E-state index in [9.17, 15) is 9.90 Å².